The van der Waals surface area contributed by atoms with Gasteiger partial charge in [0.15, 0.2) is 5.12 Å². The van der Waals surface area contributed by atoms with Crippen molar-refractivity contribution in [1.29, 1.82) is 5.26 Å². The molecule has 0 heterocycles. The van der Waals surface area contributed by atoms with Crippen LogP contribution in [-0.2, 0) is 11.2 Å². The molecular weight excluding hydrogens is 250 g/mol. The predicted molar refractivity (Wildman–Crippen MR) is 69.9 cm³/mol. The van der Waals surface area contributed by atoms with E-state index in [-0.39, 0.29) is 17.3 Å². The third-order valence-electron chi connectivity index (χ3n) is 2.47. The van der Waals surface area contributed by atoms with Gasteiger partial charge >= 0.3 is 0 Å². The van der Waals surface area contributed by atoms with Gasteiger partial charge in [-0.05, 0) is 11.1 Å². The van der Waals surface area contributed by atoms with E-state index in [4.69, 9.17) is 5.26 Å². The van der Waals surface area contributed by atoms with Crippen molar-refractivity contribution in [3.05, 3.63) is 35.4 Å². The van der Waals surface area contributed by atoms with Crippen LogP contribution >= 0.6 is 11.8 Å². The lowest BCUT2D eigenvalue weighted by Gasteiger charge is -2.19. The molecule has 96 valence electrons. The summed E-state index contributed by atoms with van der Waals surface area (Å²) in [6, 6.07) is 8.96. The molecule has 0 saturated carbocycles. The fourth-order valence-electron chi connectivity index (χ4n) is 1.57. The number of aliphatic hydroxyl groups is 2. The Kier molecular flexibility index (Phi) is 5.86. The molecule has 1 aromatic carbocycles. The summed E-state index contributed by atoms with van der Waals surface area (Å²) in [6.45, 7) is 1.41. The number of thioether (sulfide) groups is 1. The van der Waals surface area contributed by atoms with Crippen molar-refractivity contribution in [3.63, 3.8) is 0 Å². The smallest absolute Gasteiger partial charge is 0.185 e. The molecule has 1 aromatic rings. The van der Waals surface area contributed by atoms with E-state index in [1.165, 1.54) is 6.92 Å². The number of carbonyl (C=O) groups is 1. The van der Waals surface area contributed by atoms with Crippen LogP contribution in [0.1, 0.15) is 24.2 Å². The van der Waals surface area contributed by atoms with Crippen LogP contribution in [0.5, 0.6) is 0 Å². The molecule has 4 nitrogen and oxygen atoms in total. The van der Waals surface area contributed by atoms with Crippen molar-refractivity contribution >= 4 is 16.9 Å². The van der Waals surface area contributed by atoms with E-state index in [0.717, 1.165) is 11.8 Å². The quantitative estimate of drug-likeness (QED) is 0.841. The van der Waals surface area contributed by atoms with Gasteiger partial charge in [0, 0.05) is 12.7 Å². The molecule has 0 amide bonds. The zero-order chi connectivity index (χ0) is 13.5. The number of carbonyl (C=O) groups excluding carboxylic acids is 1. The molecule has 0 fully saturated rings. The molecule has 0 saturated heterocycles. The van der Waals surface area contributed by atoms with Gasteiger partial charge in [-0.15, -0.1) is 0 Å². The first-order valence-corrected chi connectivity index (χ1v) is 6.49. The average Bonchev–Trinajstić information content (AvgIpc) is 2.36. The van der Waals surface area contributed by atoms with E-state index >= 15 is 0 Å². The molecule has 0 spiro atoms. The Balaban J connectivity index is 2.79. The molecule has 0 aliphatic carbocycles. The lowest BCUT2D eigenvalue weighted by atomic mass is 9.98. The number of hydrogen-bond acceptors (Lipinski definition) is 5. The van der Waals surface area contributed by atoms with Crippen LogP contribution < -0.4 is 0 Å². The lowest BCUT2D eigenvalue weighted by Crippen LogP contribution is -2.22. The Morgan fingerprint density at radius 2 is 2.11 bits per heavy atom. The molecule has 1 rings (SSSR count). The number of aliphatic hydroxyl groups excluding tert-OH is 2. The van der Waals surface area contributed by atoms with Gasteiger partial charge in [-0.1, -0.05) is 36.0 Å². The highest BCUT2D eigenvalue weighted by molar-refractivity contribution is 8.13. The van der Waals surface area contributed by atoms with Crippen molar-refractivity contribution in [2.45, 2.75) is 25.6 Å². The van der Waals surface area contributed by atoms with Crippen molar-refractivity contribution < 1.29 is 15.0 Å². The third kappa shape index (κ3) is 4.15. The topological polar surface area (TPSA) is 81.3 Å². The Morgan fingerprint density at radius 3 is 2.72 bits per heavy atom. The average molecular weight is 265 g/mol. The second-order valence-corrected chi connectivity index (χ2v) is 5.05. The first-order chi connectivity index (χ1) is 8.56. The van der Waals surface area contributed by atoms with Crippen molar-refractivity contribution in [3.8, 4) is 6.07 Å². The van der Waals surface area contributed by atoms with Crippen molar-refractivity contribution in [2.24, 2.45) is 0 Å². The largest absolute Gasteiger partial charge is 0.389 e. The van der Waals surface area contributed by atoms with E-state index in [0.29, 0.717) is 11.1 Å². The highest BCUT2D eigenvalue weighted by atomic mass is 32.2. The van der Waals surface area contributed by atoms with Gasteiger partial charge in [0.25, 0.3) is 0 Å². The summed E-state index contributed by atoms with van der Waals surface area (Å²) in [6.07, 6.45) is -1.93. The first kappa shape index (κ1) is 14.7. The standard InChI is InChI=1S/C13H15NO3S/c1-9(15)18-8-12(16)13(17)11-5-3-2-4-10(11)6-7-14/h2-5,12-13,16-17H,6,8H2,1H3. The molecule has 2 N–H and O–H groups in total. The van der Waals surface area contributed by atoms with E-state index in [9.17, 15) is 15.0 Å². The molecule has 2 unspecified atom stereocenters. The summed E-state index contributed by atoms with van der Waals surface area (Å²) in [4.78, 5) is 10.8. The lowest BCUT2D eigenvalue weighted by molar-refractivity contribution is -0.109. The van der Waals surface area contributed by atoms with E-state index in [1.54, 1.807) is 24.3 Å². The zero-order valence-electron chi connectivity index (χ0n) is 10.0. The number of nitriles is 1. The van der Waals surface area contributed by atoms with Crippen LogP contribution in [0.4, 0.5) is 0 Å². The van der Waals surface area contributed by atoms with Gasteiger partial charge < -0.3 is 10.2 Å². The van der Waals surface area contributed by atoms with Crippen LogP contribution in [0.2, 0.25) is 0 Å². The molecule has 0 aliphatic rings. The molecule has 5 heteroatoms. The molecule has 0 radical (unpaired) electrons. The monoisotopic (exact) mass is 265 g/mol. The van der Waals surface area contributed by atoms with E-state index in [2.05, 4.69) is 0 Å². The fourth-order valence-corrected chi connectivity index (χ4v) is 2.16. The van der Waals surface area contributed by atoms with Gasteiger partial charge in [-0.25, -0.2) is 0 Å². The maximum atomic E-state index is 10.8. The van der Waals surface area contributed by atoms with Crippen LogP contribution in [-0.4, -0.2) is 27.2 Å². The van der Waals surface area contributed by atoms with Crippen LogP contribution in [0.25, 0.3) is 0 Å². The molecular formula is C13H15NO3S. The minimum absolute atomic E-state index is 0.105. The summed E-state index contributed by atoms with van der Waals surface area (Å²) >= 11 is 0.968. The number of benzene rings is 1. The minimum atomic E-state index is -1.08. The molecule has 2 atom stereocenters. The normalized spacial score (nSPS) is 13.7. The van der Waals surface area contributed by atoms with Crippen LogP contribution in [0.15, 0.2) is 24.3 Å². The molecule has 0 aliphatic heterocycles. The maximum Gasteiger partial charge on any atom is 0.185 e. The second kappa shape index (κ2) is 7.17. The van der Waals surface area contributed by atoms with Gasteiger partial charge in [0.2, 0.25) is 0 Å². The summed E-state index contributed by atoms with van der Waals surface area (Å²) in [7, 11) is 0. The Morgan fingerprint density at radius 1 is 1.44 bits per heavy atom. The van der Waals surface area contributed by atoms with E-state index < -0.39 is 12.2 Å². The highest BCUT2D eigenvalue weighted by Gasteiger charge is 2.21. The number of nitrogens with zero attached hydrogens (tertiary/aromatic N) is 1. The van der Waals surface area contributed by atoms with Crippen LogP contribution in [0, 0.1) is 11.3 Å². The van der Waals surface area contributed by atoms with E-state index in [1.807, 2.05) is 6.07 Å². The fraction of sp³-hybridized carbons (Fsp3) is 0.385. The summed E-state index contributed by atoms with van der Waals surface area (Å²) < 4.78 is 0. The van der Waals surface area contributed by atoms with Gasteiger partial charge in [-0.3, -0.25) is 4.79 Å². The second-order valence-electron chi connectivity index (χ2n) is 3.85. The maximum absolute atomic E-state index is 10.8. The summed E-state index contributed by atoms with van der Waals surface area (Å²) in [5, 5.41) is 28.4. The predicted octanol–water partition coefficient (Wildman–Crippen LogP) is 1.43. The molecule has 0 aromatic heterocycles. The first-order valence-electron chi connectivity index (χ1n) is 5.50. The highest BCUT2D eigenvalue weighted by Crippen LogP contribution is 2.23. The number of rotatable bonds is 5. The third-order valence-corrected chi connectivity index (χ3v) is 3.38. The zero-order valence-corrected chi connectivity index (χ0v) is 10.9. The van der Waals surface area contributed by atoms with Crippen LogP contribution in [0.3, 0.4) is 0 Å². The number of hydrogen-bond donors (Lipinski definition) is 2. The SMILES string of the molecule is CC(=O)SCC(O)C(O)c1ccccc1CC#N. The Bertz CT molecular complexity index is 456. The Labute approximate surface area is 110 Å². The molecule has 0 bridgehead atoms. The Hall–Kier alpha value is -1.35. The minimum Gasteiger partial charge on any atom is -0.389 e. The summed E-state index contributed by atoms with van der Waals surface area (Å²) in [5.74, 6) is 0.136. The van der Waals surface area contributed by atoms with Crippen molar-refractivity contribution in [1.82, 2.24) is 0 Å². The van der Waals surface area contributed by atoms with Crippen molar-refractivity contribution in [2.75, 3.05) is 5.75 Å². The van der Waals surface area contributed by atoms with Gasteiger partial charge in [0.1, 0.15) is 6.10 Å². The van der Waals surface area contributed by atoms with Gasteiger partial charge in [0.05, 0.1) is 18.6 Å². The van der Waals surface area contributed by atoms with Gasteiger partial charge in [-0.2, -0.15) is 5.26 Å². The summed E-state index contributed by atoms with van der Waals surface area (Å²) in [5.41, 5.74) is 1.23. The molecule has 18 heavy (non-hydrogen) atoms.